The highest BCUT2D eigenvalue weighted by atomic mass is 35.5. The molecule has 0 aliphatic rings. The van der Waals surface area contributed by atoms with Crippen molar-refractivity contribution in [1.29, 1.82) is 0 Å². The summed E-state index contributed by atoms with van der Waals surface area (Å²) in [6, 6.07) is 9.25. The fourth-order valence-corrected chi connectivity index (χ4v) is 2.01. The van der Waals surface area contributed by atoms with Gasteiger partial charge in [-0.15, -0.1) is 0 Å². The number of nitrogens with zero attached hydrogens (tertiary/aromatic N) is 1. The average Bonchev–Trinajstić information content (AvgIpc) is 2.39. The molecule has 0 spiro atoms. The molecule has 1 aromatic carbocycles. The summed E-state index contributed by atoms with van der Waals surface area (Å²) in [6.45, 7) is 4.53. The Kier molecular flexibility index (Phi) is 4.69. The van der Waals surface area contributed by atoms with Crippen LogP contribution in [0.4, 0.5) is 11.4 Å². The van der Waals surface area contributed by atoms with Crippen molar-refractivity contribution in [3.8, 4) is 5.88 Å². The maximum atomic E-state index is 6.13. The van der Waals surface area contributed by atoms with Crippen LogP contribution in [0.3, 0.4) is 0 Å². The summed E-state index contributed by atoms with van der Waals surface area (Å²) in [5, 5.41) is 3.86. The van der Waals surface area contributed by atoms with Crippen molar-refractivity contribution in [3.63, 3.8) is 0 Å². The Morgan fingerprint density at radius 2 is 2.15 bits per heavy atom. The zero-order valence-corrected chi connectivity index (χ0v) is 12.3. The van der Waals surface area contributed by atoms with Gasteiger partial charge < -0.3 is 15.8 Å². The Bertz CT molecular complexity index is 587. The van der Waals surface area contributed by atoms with Gasteiger partial charge in [-0.3, -0.25) is 0 Å². The Hall–Kier alpha value is -1.94. The molecule has 4 nitrogen and oxygen atoms in total. The van der Waals surface area contributed by atoms with E-state index in [9.17, 15) is 0 Å². The van der Waals surface area contributed by atoms with Crippen molar-refractivity contribution >= 4 is 23.0 Å². The van der Waals surface area contributed by atoms with Crippen molar-refractivity contribution < 1.29 is 4.74 Å². The van der Waals surface area contributed by atoms with Gasteiger partial charge in [-0.25, -0.2) is 4.98 Å². The second-order valence-corrected chi connectivity index (χ2v) is 5.13. The molecule has 0 radical (unpaired) electrons. The van der Waals surface area contributed by atoms with E-state index in [0.29, 0.717) is 23.1 Å². The molecule has 1 heterocycles. The van der Waals surface area contributed by atoms with E-state index in [2.05, 4.69) is 10.3 Å². The van der Waals surface area contributed by atoms with Gasteiger partial charge in [-0.1, -0.05) is 17.7 Å². The second-order valence-electron chi connectivity index (χ2n) is 4.73. The van der Waals surface area contributed by atoms with Gasteiger partial charge in [0.1, 0.15) is 0 Å². The van der Waals surface area contributed by atoms with Gasteiger partial charge in [-0.2, -0.15) is 0 Å². The number of hydrogen-bond donors (Lipinski definition) is 2. The lowest BCUT2D eigenvalue weighted by atomic mass is 10.2. The van der Waals surface area contributed by atoms with Crippen LogP contribution < -0.4 is 15.8 Å². The van der Waals surface area contributed by atoms with Crippen molar-refractivity contribution in [2.75, 3.05) is 11.1 Å². The smallest absolute Gasteiger partial charge is 0.218 e. The van der Waals surface area contributed by atoms with Crippen molar-refractivity contribution in [1.82, 2.24) is 4.98 Å². The van der Waals surface area contributed by atoms with Gasteiger partial charge in [-0.05, 0) is 38.1 Å². The van der Waals surface area contributed by atoms with Gasteiger partial charge in [0.2, 0.25) is 5.88 Å². The highest BCUT2D eigenvalue weighted by molar-refractivity contribution is 6.33. The first kappa shape index (κ1) is 14.5. The van der Waals surface area contributed by atoms with Crippen LogP contribution in [0.1, 0.15) is 19.4 Å². The largest absolute Gasteiger partial charge is 0.475 e. The number of aromatic nitrogens is 1. The van der Waals surface area contributed by atoms with E-state index in [1.807, 2.05) is 38.1 Å². The van der Waals surface area contributed by atoms with E-state index in [0.717, 1.165) is 11.3 Å². The van der Waals surface area contributed by atoms with Crippen LogP contribution >= 0.6 is 11.6 Å². The van der Waals surface area contributed by atoms with Crippen LogP contribution in [0.25, 0.3) is 0 Å². The number of rotatable bonds is 5. The molecule has 2 aromatic rings. The normalized spacial score (nSPS) is 10.6. The third kappa shape index (κ3) is 3.78. The summed E-state index contributed by atoms with van der Waals surface area (Å²) in [6.07, 6.45) is 1.81. The maximum absolute atomic E-state index is 6.13. The number of nitrogens with one attached hydrogen (secondary N) is 1. The van der Waals surface area contributed by atoms with Crippen LogP contribution in [0.5, 0.6) is 5.88 Å². The molecule has 5 heteroatoms. The van der Waals surface area contributed by atoms with Crippen molar-refractivity contribution in [2.24, 2.45) is 0 Å². The van der Waals surface area contributed by atoms with E-state index in [4.69, 9.17) is 22.1 Å². The summed E-state index contributed by atoms with van der Waals surface area (Å²) in [4.78, 5) is 4.25. The lowest BCUT2D eigenvalue weighted by Crippen LogP contribution is -2.10. The molecule has 0 bridgehead atoms. The number of nitrogens with two attached hydrogens (primary N) is 1. The van der Waals surface area contributed by atoms with E-state index in [1.165, 1.54) is 0 Å². The highest BCUT2D eigenvalue weighted by Gasteiger charge is 2.07. The van der Waals surface area contributed by atoms with Crippen molar-refractivity contribution in [2.45, 2.75) is 26.5 Å². The first-order valence-electron chi connectivity index (χ1n) is 6.45. The van der Waals surface area contributed by atoms with E-state index >= 15 is 0 Å². The van der Waals surface area contributed by atoms with Crippen LogP contribution in [0.15, 0.2) is 36.5 Å². The molecular formula is C15H18ClN3O. The molecular weight excluding hydrogens is 274 g/mol. The minimum Gasteiger partial charge on any atom is -0.475 e. The molecule has 0 fully saturated rings. The lowest BCUT2D eigenvalue weighted by molar-refractivity contribution is 0.230. The van der Waals surface area contributed by atoms with Crippen molar-refractivity contribution in [3.05, 3.63) is 47.1 Å². The minimum atomic E-state index is 0.0868. The molecule has 3 N–H and O–H groups in total. The maximum Gasteiger partial charge on any atom is 0.218 e. The fraction of sp³-hybridized carbons (Fsp3) is 0.267. The molecule has 20 heavy (non-hydrogen) atoms. The molecule has 2 rings (SSSR count). The van der Waals surface area contributed by atoms with E-state index < -0.39 is 0 Å². The molecule has 0 saturated heterocycles. The summed E-state index contributed by atoms with van der Waals surface area (Å²) in [5.74, 6) is 0.640. The molecule has 0 aliphatic heterocycles. The number of ether oxygens (including phenoxy) is 1. The van der Waals surface area contributed by atoms with E-state index in [-0.39, 0.29) is 6.10 Å². The highest BCUT2D eigenvalue weighted by Crippen LogP contribution is 2.25. The summed E-state index contributed by atoms with van der Waals surface area (Å²) < 4.78 is 5.68. The molecule has 0 aliphatic carbocycles. The number of nitrogen functional groups attached to an aromatic ring is 1. The Morgan fingerprint density at radius 3 is 2.85 bits per heavy atom. The molecule has 106 valence electrons. The zero-order valence-electron chi connectivity index (χ0n) is 11.6. The fourth-order valence-electron chi connectivity index (χ4n) is 1.75. The number of benzene rings is 1. The average molecular weight is 292 g/mol. The van der Waals surface area contributed by atoms with Crippen LogP contribution in [0.2, 0.25) is 5.02 Å². The Morgan fingerprint density at radius 1 is 1.35 bits per heavy atom. The number of hydrogen-bond acceptors (Lipinski definition) is 4. The quantitative estimate of drug-likeness (QED) is 0.824. The predicted molar refractivity (Wildman–Crippen MR) is 83.2 cm³/mol. The van der Waals surface area contributed by atoms with Gasteiger partial charge >= 0.3 is 0 Å². The van der Waals surface area contributed by atoms with Crippen LogP contribution in [-0.4, -0.2) is 11.1 Å². The first-order chi connectivity index (χ1) is 9.56. The van der Waals surface area contributed by atoms with E-state index in [1.54, 1.807) is 12.3 Å². The number of pyridine rings is 1. The Balaban J connectivity index is 2.10. The number of halogens is 1. The van der Waals surface area contributed by atoms with Crippen LogP contribution in [0, 0.1) is 0 Å². The zero-order chi connectivity index (χ0) is 14.5. The summed E-state index contributed by atoms with van der Waals surface area (Å²) >= 11 is 6.13. The Labute approximate surface area is 123 Å². The first-order valence-corrected chi connectivity index (χ1v) is 6.83. The summed E-state index contributed by atoms with van der Waals surface area (Å²) in [7, 11) is 0. The van der Waals surface area contributed by atoms with Gasteiger partial charge in [0.15, 0.2) is 0 Å². The second kappa shape index (κ2) is 6.48. The minimum absolute atomic E-state index is 0.0868. The molecule has 0 atom stereocenters. The standard InChI is InChI=1S/C15H18ClN3O/c1-10(2)20-15-11(4-3-7-18-15)9-19-14-6-5-12(17)8-13(14)16/h3-8,10,19H,9,17H2,1-2H3. The third-order valence-electron chi connectivity index (χ3n) is 2.66. The SMILES string of the molecule is CC(C)Oc1ncccc1CNc1ccc(N)cc1Cl. The topological polar surface area (TPSA) is 60.2 Å². The monoisotopic (exact) mass is 291 g/mol. The lowest BCUT2D eigenvalue weighted by Gasteiger charge is -2.14. The van der Waals surface area contributed by atoms with Gasteiger partial charge in [0.05, 0.1) is 16.8 Å². The van der Waals surface area contributed by atoms with Gasteiger partial charge in [0.25, 0.3) is 0 Å². The molecule has 0 unspecified atom stereocenters. The van der Waals surface area contributed by atoms with Crippen LogP contribution in [-0.2, 0) is 6.54 Å². The molecule has 0 saturated carbocycles. The molecule has 0 amide bonds. The number of anilines is 2. The molecule has 1 aromatic heterocycles. The van der Waals surface area contributed by atoms with Gasteiger partial charge in [0, 0.05) is 24.0 Å². The predicted octanol–water partition coefficient (Wildman–Crippen LogP) is 3.72. The summed E-state index contributed by atoms with van der Waals surface area (Å²) in [5.41, 5.74) is 8.13. The third-order valence-corrected chi connectivity index (χ3v) is 2.97.